The van der Waals surface area contributed by atoms with E-state index in [2.05, 4.69) is 65.1 Å². The summed E-state index contributed by atoms with van der Waals surface area (Å²) in [6.45, 7) is 2.00. The summed E-state index contributed by atoms with van der Waals surface area (Å²) in [5.74, 6) is 0. The quantitative estimate of drug-likeness (QED) is 0.692. The Balaban J connectivity index is 1.87. The lowest BCUT2D eigenvalue weighted by Crippen LogP contribution is -2.13. The monoisotopic (exact) mass is 293 g/mol. The molecular weight excluding hydrogens is 270 g/mol. The molecule has 0 spiro atoms. The Labute approximate surface area is 132 Å². The van der Waals surface area contributed by atoms with E-state index in [1.54, 1.807) is 0 Å². The van der Waals surface area contributed by atoms with Gasteiger partial charge >= 0.3 is 0 Å². The molecule has 3 nitrogen and oxygen atoms in total. The topological polar surface area (TPSA) is 21.1 Å². The summed E-state index contributed by atoms with van der Waals surface area (Å²) in [5.41, 5.74) is 4.00. The number of nitrogens with zero attached hydrogens (tertiary/aromatic N) is 3. The van der Waals surface area contributed by atoms with E-state index in [9.17, 15) is 0 Å². The van der Waals surface area contributed by atoms with Gasteiger partial charge < -0.3 is 9.47 Å². The molecule has 0 radical (unpaired) electrons. The van der Waals surface area contributed by atoms with Crippen LogP contribution in [0.25, 0.3) is 10.9 Å². The Morgan fingerprint density at radius 1 is 1.09 bits per heavy atom. The highest BCUT2D eigenvalue weighted by Crippen LogP contribution is 2.23. The number of rotatable bonds is 6. The number of pyridine rings is 1. The van der Waals surface area contributed by atoms with Crippen LogP contribution in [0.5, 0.6) is 0 Å². The highest BCUT2D eigenvalue weighted by molar-refractivity contribution is 5.84. The second-order valence-electron chi connectivity index (χ2n) is 6.07. The van der Waals surface area contributed by atoms with E-state index in [1.807, 2.05) is 18.5 Å². The van der Waals surface area contributed by atoms with Gasteiger partial charge in [-0.2, -0.15) is 0 Å². The van der Waals surface area contributed by atoms with E-state index in [1.165, 1.54) is 28.5 Å². The molecule has 0 saturated heterocycles. The van der Waals surface area contributed by atoms with Crippen molar-refractivity contribution in [2.75, 3.05) is 20.6 Å². The van der Waals surface area contributed by atoms with Gasteiger partial charge in [0.1, 0.15) is 0 Å². The van der Waals surface area contributed by atoms with Gasteiger partial charge in [0.2, 0.25) is 0 Å². The van der Waals surface area contributed by atoms with E-state index in [0.717, 1.165) is 19.5 Å². The maximum absolute atomic E-state index is 4.22. The third kappa shape index (κ3) is 3.37. The first-order valence-corrected chi connectivity index (χ1v) is 7.84. The smallest absolute Gasteiger partial charge is 0.0491 e. The van der Waals surface area contributed by atoms with Crippen molar-refractivity contribution >= 4 is 10.9 Å². The lowest BCUT2D eigenvalue weighted by Gasteiger charge is -2.08. The van der Waals surface area contributed by atoms with Crippen LogP contribution in [-0.4, -0.2) is 35.1 Å². The largest absolute Gasteiger partial charge is 0.343 e. The molecular formula is C19H23N3. The summed E-state index contributed by atoms with van der Waals surface area (Å²) in [6.07, 6.45) is 8.39. The third-order valence-corrected chi connectivity index (χ3v) is 4.00. The second-order valence-corrected chi connectivity index (χ2v) is 6.07. The minimum Gasteiger partial charge on any atom is -0.343 e. The molecule has 0 unspecified atom stereocenters. The first-order chi connectivity index (χ1) is 10.7. The molecule has 0 atom stereocenters. The van der Waals surface area contributed by atoms with Crippen molar-refractivity contribution in [2.24, 2.45) is 0 Å². The molecule has 0 amide bonds. The van der Waals surface area contributed by atoms with Crippen molar-refractivity contribution in [1.82, 2.24) is 14.5 Å². The molecule has 22 heavy (non-hydrogen) atoms. The van der Waals surface area contributed by atoms with Crippen LogP contribution >= 0.6 is 0 Å². The maximum Gasteiger partial charge on any atom is 0.0491 e. The zero-order valence-electron chi connectivity index (χ0n) is 13.4. The summed E-state index contributed by atoms with van der Waals surface area (Å²) < 4.78 is 2.34. The fourth-order valence-electron chi connectivity index (χ4n) is 2.93. The van der Waals surface area contributed by atoms with Gasteiger partial charge in [0, 0.05) is 36.0 Å². The van der Waals surface area contributed by atoms with Gasteiger partial charge in [-0.25, -0.2) is 0 Å². The van der Waals surface area contributed by atoms with Crippen molar-refractivity contribution in [2.45, 2.75) is 19.4 Å². The molecule has 0 aliphatic carbocycles. The number of para-hydroxylation sites is 1. The first-order valence-electron chi connectivity index (χ1n) is 7.84. The van der Waals surface area contributed by atoms with Gasteiger partial charge in [-0.15, -0.1) is 0 Å². The average molecular weight is 293 g/mol. The molecule has 2 heterocycles. The van der Waals surface area contributed by atoms with Crippen molar-refractivity contribution in [3.05, 3.63) is 66.1 Å². The molecule has 1 aromatic carbocycles. The van der Waals surface area contributed by atoms with Crippen molar-refractivity contribution in [3.63, 3.8) is 0 Å². The number of aryl methyl sites for hydroxylation is 1. The average Bonchev–Trinajstić information content (AvgIpc) is 2.86. The normalized spacial score (nSPS) is 11.4. The van der Waals surface area contributed by atoms with Gasteiger partial charge in [0.15, 0.2) is 0 Å². The predicted molar refractivity (Wildman–Crippen MR) is 92.2 cm³/mol. The summed E-state index contributed by atoms with van der Waals surface area (Å²) in [7, 11) is 4.26. The van der Waals surface area contributed by atoms with Gasteiger partial charge in [-0.1, -0.05) is 24.3 Å². The van der Waals surface area contributed by atoms with Crippen LogP contribution in [0, 0.1) is 0 Å². The fourth-order valence-corrected chi connectivity index (χ4v) is 2.93. The summed E-state index contributed by atoms with van der Waals surface area (Å²) in [5, 5.41) is 1.38. The number of aromatic nitrogens is 2. The minimum absolute atomic E-state index is 0.877. The molecule has 114 valence electrons. The molecule has 3 aromatic rings. The van der Waals surface area contributed by atoms with Gasteiger partial charge in [0.25, 0.3) is 0 Å². The lowest BCUT2D eigenvalue weighted by molar-refractivity contribution is 0.400. The highest BCUT2D eigenvalue weighted by Gasteiger charge is 2.08. The van der Waals surface area contributed by atoms with Gasteiger partial charge in [0.05, 0.1) is 0 Å². The Kier molecular flexibility index (Phi) is 4.54. The van der Waals surface area contributed by atoms with Crippen LogP contribution in [0.1, 0.15) is 17.5 Å². The first kappa shape index (κ1) is 14.8. The standard InChI is InChI=1S/C19H23N3/c1-21(2)12-6-8-17-15-22(14-16-7-5-11-20-13-16)19-10-4-3-9-18(17)19/h3-5,7,9-11,13,15H,6,8,12,14H2,1-2H3. The molecule has 0 bridgehead atoms. The van der Waals surface area contributed by atoms with Crippen LogP contribution in [-0.2, 0) is 13.0 Å². The van der Waals surface area contributed by atoms with Crippen molar-refractivity contribution in [3.8, 4) is 0 Å². The van der Waals surface area contributed by atoms with E-state index in [-0.39, 0.29) is 0 Å². The molecule has 0 saturated carbocycles. The Hall–Kier alpha value is -2.13. The van der Waals surface area contributed by atoms with Gasteiger partial charge in [-0.05, 0) is 56.7 Å². The number of hydrogen-bond donors (Lipinski definition) is 0. The van der Waals surface area contributed by atoms with Crippen molar-refractivity contribution in [1.29, 1.82) is 0 Å². The number of fused-ring (bicyclic) bond motifs is 1. The fraction of sp³-hybridized carbons (Fsp3) is 0.316. The predicted octanol–water partition coefficient (Wildman–Crippen LogP) is 3.58. The zero-order chi connectivity index (χ0) is 15.4. The van der Waals surface area contributed by atoms with Crippen LogP contribution < -0.4 is 0 Å². The number of hydrogen-bond acceptors (Lipinski definition) is 2. The van der Waals surface area contributed by atoms with E-state index in [0.29, 0.717) is 0 Å². The highest BCUT2D eigenvalue weighted by atomic mass is 15.0. The molecule has 0 N–H and O–H groups in total. The van der Waals surface area contributed by atoms with Crippen LogP contribution in [0.15, 0.2) is 55.0 Å². The maximum atomic E-state index is 4.22. The Morgan fingerprint density at radius 2 is 1.95 bits per heavy atom. The Bertz CT molecular complexity index is 729. The number of benzene rings is 1. The lowest BCUT2D eigenvalue weighted by atomic mass is 10.1. The molecule has 2 aromatic heterocycles. The zero-order valence-corrected chi connectivity index (χ0v) is 13.4. The van der Waals surface area contributed by atoms with Crippen LogP contribution in [0.4, 0.5) is 0 Å². The Morgan fingerprint density at radius 3 is 2.73 bits per heavy atom. The van der Waals surface area contributed by atoms with E-state index < -0.39 is 0 Å². The van der Waals surface area contributed by atoms with E-state index in [4.69, 9.17) is 0 Å². The minimum atomic E-state index is 0.877. The molecule has 0 aliphatic rings. The van der Waals surface area contributed by atoms with Gasteiger partial charge in [-0.3, -0.25) is 4.98 Å². The molecule has 3 heteroatoms. The van der Waals surface area contributed by atoms with Crippen molar-refractivity contribution < 1.29 is 0 Å². The summed E-state index contributed by atoms with van der Waals surface area (Å²) in [4.78, 5) is 6.46. The molecule has 0 fully saturated rings. The SMILES string of the molecule is CN(C)CCCc1cn(Cc2cccnc2)c2ccccc12. The van der Waals surface area contributed by atoms with Crippen LogP contribution in [0.3, 0.4) is 0 Å². The second kappa shape index (κ2) is 6.75. The van der Waals surface area contributed by atoms with Crippen LogP contribution in [0.2, 0.25) is 0 Å². The summed E-state index contributed by atoms with van der Waals surface area (Å²) >= 11 is 0. The molecule has 3 rings (SSSR count). The summed E-state index contributed by atoms with van der Waals surface area (Å²) in [6, 6.07) is 12.8. The molecule has 0 aliphatic heterocycles. The third-order valence-electron chi connectivity index (χ3n) is 4.00. The van der Waals surface area contributed by atoms with E-state index >= 15 is 0 Å².